The number of benzene rings is 2. The van der Waals surface area contributed by atoms with E-state index < -0.39 is 40.2 Å². The van der Waals surface area contributed by atoms with Gasteiger partial charge in [0.05, 0.1) is 17.0 Å². The number of amides is 3. The van der Waals surface area contributed by atoms with E-state index in [9.17, 15) is 28.9 Å². The molecule has 2 aromatic rings. The van der Waals surface area contributed by atoms with Crippen LogP contribution < -0.4 is 4.90 Å². The number of carbonyl (C=O) groups excluding carboxylic acids is 3. The number of nitro benzene ring substituents is 1. The highest BCUT2D eigenvalue weighted by Gasteiger charge is 2.47. The summed E-state index contributed by atoms with van der Waals surface area (Å²) < 4.78 is 13.3. The fourth-order valence-electron chi connectivity index (χ4n) is 4.55. The van der Waals surface area contributed by atoms with Crippen LogP contribution in [0.1, 0.15) is 48.9 Å². The van der Waals surface area contributed by atoms with Crippen LogP contribution >= 0.6 is 11.6 Å². The lowest BCUT2D eigenvalue weighted by molar-refractivity contribution is -0.384. The number of rotatable bonds is 5. The van der Waals surface area contributed by atoms with Gasteiger partial charge in [0.1, 0.15) is 16.9 Å². The molecule has 2 aromatic carbocycles. The average Bonchev–Trinajstić information content (AvgIpc) is 3.09. The molecule has 1 saturated carbocycles. The summed E-state index contributed by atoms with van der Waals surface area (Å²) in [5.41, 5.74) is -0.155. The minimum absolute atomic E-state index is 0.0251. The van der Waals surface area contributed by atoms with E-state index in [0.29, 0.717) is 12.8 Å². The molecule has 1 heterocycles. The van der Waals surface area contributed by atoms with Crippen LogP contribution in [0.4, 0.5) is 15.8 Å². The Balaban J connectivity index is 1.70. The third-order valence-electron chi connectivity index (χ3n) is 6.14. The molecular formula is C23H21ClFN3O5. The second kappa shape index (κ2) is 9.27. The molecule has 172 valence electrons. The highest BCUT2D eigenvalue weighted by molar-refractivity contribution is 6.32. The van der Waals surface area contributed by atoms with E-state index in [0.717, 1.165) is 42.4 Å². The van der Waals surface area contributed by atoms with E-state index >= 15 is 0 Å². The molecule has 0 N–H and O–H groups in total. The van der Waals surface area contributed by atoms with Gasteiger partial charge in [0.15, 0.2) is 0 Å². The number of halogens is 2. The number of anilines is 1. The summed E-state index contributed by atoms with van der Waals surface area (Å²) in [5.74, 6) is -2.13. The predicted octanol–water partition coefficient (Wildman–Crippen LogP) is 4.49. The fourth-order valence-corrected chi connectivity index (χ4v) is 4.74. The van der Waals surface area contributed by atoms with Crippen molar-refractivity contribution < 1.29 is 23.7 Å². The molecular weight excluding hydrogens is 453 g/mol. The molecule has 0 spiro atoms. The van der Waals surface area contributed by atoms with E-state index in [-0.39, 0.29) is 28.7 Å². The summed E-state index contributed by atoms with van der Waals surface area (Å²) in [6.45, 7) is 0. The van der Waals surface area contributed by atoms with E-state index in [2.05, 4.69) is 0 Å². The maximum Gasteiger partial charge on any atom is 0.288 e. The summed E-state index contributed by atoms with van der Waals surface area (Å²) in [7, 11) is 0. The molecule has 0 bridgehead atoms. The summed E-state index contributed by atoms with van der Waals surface area (Å²) in [6, 6.07) is 7.40. The Morgan fingerprint density at radius 2 is 1.76 bits per heavy atom. The molecule has 4 rings (SSSR count). The number of imide groups is 1. The summed E-state index contributed by atoms with van der Waals surface area (Å²) >= 11 is 5.89. The lowest BCUT2D eigenvalue weighted by Gasteiger charge is -2.37. The maximum absolute atomic E-state index is 13.6. The largest absolute Gasteiger partial charge is 0.323 e. The van der Waals surface area contributed by atoms with Gasteiger partial charge in [-0.3, -0.25) is 24.5 Å². The van der Waals surface area contributed by atoms with Gasteiger partial charge >= 0.3 is 0 Å². The zero-order valence-corrected chi connectivity index (χ0v) is 18.3. The molecule has 33 heavy (non-hydrogen) atoms. The molecule has 1 unspecified atom stereocenters. The van der Waals surface area contributed by atoms with Crippen molar-refractivity contribution >= 4 is 40.7 Å². The van der Waals surface area contributed by atoms with Crippen molar-refractivity contribution in [3.05, 3.63) is 69.0 Å². The Morgan fingerprint density at radius 3 is 2.39 bits per heavy atom. The van der Waals surface area contributed by atoms with Crippen molar-refractivity contribution in [3.8, 4) is 0 Å². The molecule has 0 radical (unpaired) electrons. The van der Waals surface area contributed by atoms with Gasteiger partial charge in [-0.2, -0.15) is 0 Å². The van der Waals surface area contributed by atoms with Crippen LogP contribution in [0.3, 0.4) is 0 Å². The lowest BCUT2D eigenvalue weighted by Crippen LogP contribution is -2.51. The summed E-state index contributed by atoms with van der Waals surface area (Å²) in [5, 5.41) is 11.2. The fraction of sp³-hybridized carbons (Fsp3) is 0.348. The molecule has 1 saturated heterocycles. The van der Waals surface area contributed by atoms with Gasteiger partial charge in [-0.15, -0.1) is 0 Å². The highest BCUT2D eigenvalue weighted by atomic mass is 35.5. The monoisotopic (exact) mass is 473 g/mol. The number of hydrogen-bond acceptors (Lipinski definition) is 5. The van der Waals surface area contributed by atoms with Crippen molar-refractivity contribution in [1.82, 2.24) is 4.90 Å². The number of hydrogen-bond donors (Lipinski definition) is 0. The van der Waals surface area contributed by atoms with Crippen LogP contribution in [-0.4, -0.2) is 39.6 Å². The van der Waals surface area contributed by atoms with E-state index in [1.807, 2.05) is 0 Å². The van der Waals surface area contributed by atoms with Gasteiger partial charge < -0.3 is 4.90 Å². The van der Waals surface area contributed by atoms with Crippen molar-refractivity contribution in [2.24, 2.45) is 0 Å². The van der Waals surface area contributed by atoms with Crippen molar-refractivity contribution in [2.45, 2.75) is 50.6 Å². The second-order valence-corrected chi connectivity index (χ2v) is 8.60. The van der Waals surface area contributed by atoms with Crippen LogP contribution in [-0.2, 0) is 9.59 Å². The van der Waals surface area contributed by atoms with E-state index in [4.69, 9.17) is 11.6 Å². The Labute approximate surface area is 194 Å². The molecule has 1 aliphatic carbocycles. The number of nitrogens with zero attached hydrogens (tertiary/aromatic N) is 3. The van der Waals surface area contributed by atoms with Gasteiger partial charge in [0.2, 0.25) is 5.91 Å². The first-order chi connectivity index (χ1) is 15.8. The molecule has 3 amide bonds. The van der Waals surface area contributed by atoms with Gasteiger partial charge in [0.25, 0.3) is 17.5 Å². The smallest absolute Gasteiger partial charge is 0.288 e. The topological polar surface area (TPSA) is 101 Å². The highest BCUT2D eigenvalue weighted by Crippen LogP contribution is 2.33. The number of carbonyl (C=O) groups is 3. The zero-order valence-electron chi connectivity index (χ0n) is 17.6. The Kier molecular flexibility index (Phi) is 6.42. The Hall–Kier alpha value is -3.33. The molecule has 0 aromatic heterocycles. The molecule has 2 fully saturated rings. The van der Waals surface area contributed by atoms with Crippen LogP contribution in [0, 0.1) is 15.9 Å². The Bertz CT molecular complexity index is 1120. The van der Waals surface area contributed by atoms with Gasteiger partial charge in [-0.25, -0.2) is 9.29 Å². The Morgan fingerprint density at radius 1 is 1.09 bits per heavy atom. The minimum atomic E-state index is -1.05. The molecule has 1 atom stereocenters. The first kappa shape index (κ1) is 22.8. The zero-order chi connectivity index (χ0) is 23.7. The average molecular weight is 474 g/mol. The minimum Gasteiger partial charge on any atom is -0.323 e. The first-order valence-electron chi connectivity index (χ1n) is 10.7. The second-order valence-electron chi connectivity index (χ2n) is 8.19. The van der Waals surface area contributed by atoms with Crippen LogP contribution in [0.25, 0.3) is 0 Å². The maximum atomic E-state index is 13.6. The molecule has 1 aliphatic heterocycles. The normalized spacial score (nSPS) is 19.1. The molecule has 10 heteroatoms. The van der Waals surface area contributed by atoms with Crippen LogP contribution in [0.5, 0.6) is 0 Å². The van der Waals surface area contributed by atoms with Gasteiger partial charge in [0, 0.05) is 17.7 Å². The predicted molar refractivity (Wildman–Crippen MR) is 118 cm³/mol. The molecule has 8 nitrogen and oxygen atoms in total. The summed E-state index contributed by atoms with van der Waals surface area (Å²) in [4.78, 5) is 52.7. The van der Waals surface area contributed by atoms with Crippen molar-refractivity contribution in [1.29, 1.82) is 0 Å². The standard InChI is InChI=1S/C23H21ClFN3O5/c24-18-11-6-14(12-19(18)28(32)33)22(30)26(16-4-2-1-3-5-16)20-13-21(29)27(23(20)31)17-9-7-15(25)8-10-17/h6-12,16,20H,1-5,13H2. The van der Waals surface area contributed by atoms with Crippen molar-refractivity contribution in [3.63, 3.8) is 0 Å². The third-order valence-corrected chi connectivity index (χ3v) is 6.46. The molecule has 2 aliphatic rings. The first-order valence-corrected chi connectivity index (χ1v) is 11.0. The lowest BCUT2D eigenvalue weighted by atomic mass is 9.92. The quantitative estimate of drug-likeness (QED) is 0.361. The van der Waals surface area contributed by atoms with Gasteiger partial charge in [-0.05, 0) is 49.2 Å². The van der Waals surface area contributed by atoms with Crippen LogP contribution in [0.2, 0.25) is 5.02 Å². The third kappa shape index (κ3) is 4.45. The van der Waals surface area contributed by atoms with E-state index in [1.54, 1.807) is 0 Å². The number of nitro groups is 1. The SMILES string of the molecule is O=C1CC(N(C(=O)c2ccc(Cl)c([N+](=O)[O-])c2)C2CCCCC2)C(=O)N1c1ccc(F)cc1. The van der Waals surface area contributed by atoms with E-state index in [1.165, 1.54) is 29.2 Å². The van der Waals surface area contributed by atoms with Crippen molar-refractivity contribution in [2.75, 3.05) is 4.90 Å². The summed E-state index contributed by atoms with van der Waals surface area (Å²) in [6.07, 6.45) is 3.85. The van der Waals surface area contributed by atoms with Crippen LogP contribution in [0.15, 0.2) is 42.5 Å². The van der Waals surface area contributed by atoms with Gasteiger partial charge in [-0.1, -0.05) is 30.9 Å².